The van der Waals surface area contributed by atoms with Crippen LogP contribution in [0.2, 0.25) is 0 Å². The number of hydrogen-bond donors (Lipinski definition) is 1. The van der Waals surface area contributed by atoms with Crippen molar-refractivity contribution in [1.29, 1.82) is 0 Å². The third-order valence-electron chi connectivity index (χ3n) is 4.59. The molecule has 2 aromatic heterocycles. The fourth-order valence-electron chi connectivity index (χ4n) is 3.13. The van der Waals surface area contributed by atoms with Gasteiger partial charge in [-0.3, -0.25) is 14.7 Å². The fraction of sp³-hybridized carbons (Fsp3) is 0.389. The van der Waals surface area contributed by atoms with Crippen molar-refractivity contribution in [2.24, 2.45) is 0 Å². The van der Waals surface area contributed by atoms with Crippen LogP contribution in [0.15, 0.2) is 30.5 Å². The van der Waals surface area contributed by atoms with Crippen molar-refractivity contribution < 1.29 is 22.7 Å². The number of fused-ring (bicyclic) bond motifs is 1. The molecule has 1 amide bonds. The number of hydrogen-bond acceptors (Lipinski definition) is 4. The SMILES string of the molecule is O=C(CCC1CCCO1)Nc1nc2cc(C(F)(F)F)cnc2n1C1=CC=C1. The molecule has 1 aliphatic carbocycles. The summed E-state index contributed by atoms with van der Waals surface area (Å²) in [6, 6.07) is 0.934. The molecule has 1 fully saturated rings. The van der Waals surface area contributed by atoms with Gasteiger partial charge in [-0.2, -0.15) is 13.2 Å². The number of allylic oxidation sites excluding steroid dienone is 4. The smallest absolute Gasteiger partial charge is 0.378 e. The van der Waals surface area contributed by atoms with Crippen molar-refractivity contribution in [2.45, 2.75) is 38.0 Å². The summed E-state index contributed by atoms with van der Waals surface area (Å²) in [4.78, 5) is 20.4. The standard InChI is InChI=1S/C18H17F3N4O2/c19-18(20,21)11-9-14-16(22-10-11)25(12-3-1-4-12)17(23-14)24-15(26)7-6-13-5-2-8-27-13/h1,3-4,9-10,13H,2,5-8H2,(H,23,24,26). The highest BCUT2D eigenvalue weighted by Crippen LogP contribution is 2.33. The number of halogens is 3. The van der Waals surface area contributed by atoms with Crippen molar-refractivity contribution in [3.05, 3.63) is 36.1 Å². The molecule has 3 heterocycles. The maximum atomic E-state index is 12.9. The largest absolute Gasteiger partial charge is 0.417 e. The van der Waals surface area contributed by atoms with E-state index in [-0.39, 0.29) is 35.5 Å². The van der Waals surface area contributed by atoms with Gasteiger partial charge in [-0.15, -0.1) is 0 Å². The minimum atomic E-state index is -4.51. The molecule has 1 aliphatic heterocycles. The van der Waals surface area contributed by atoms with E-state index < -0.39 is 11.7 Å². The molecule has 2 aliphatic rings. The number of nitrogens with one attached hydrogen (secondary N) is 1. The van der Waals surface area contributed by atoms with E-state index in [1.807, 2.05) is 0 Å². The molecule has 2 aromatic rings. The lowest BCUT2D eigenvalue weighted by atomic mass is 10.1. The summed E-state index contributed by atoms with van der Waals surface area (Å²) in [5.74, 6) is -0.105. The monoisotopic (exact) mass is 378 g/mol. The first kappa shape index (κ1) is 17.7. The molecule has 0 aromatic carbocycles. The molecule has 1 N–H and O–H groups in total. The van der Waals surface area contributed by atoms with Crippen LogP contribution in [0.3, 0.4) is 0 Å². The lowest BCUT2D eigenvalue weighted by molar-refractivity contribution is -0.137. The van der Waals surface area contributed by atoms with Crippen LogP contribution in [0.25, 0.3) is 16.9 Å². The van der Waals surface area contributed by atoms with Gasteiger partial charge in [-0.1, -0.05) is 6.08 Å². The zero-order chi connectivity index (χ0) is 19.0. The Kier molecular flexibility index (Phi) is 4.47. The normalized spacial score (nSPS) is 19.2. The van der Waals surface area contributed by atoms with Gasteiger partial charge in [0.25, 0.3) is 0 Å². The van der Waals surface area contributed by atoms with Crippen LogP contribution in [0.5, 0.6) is 0 Å². The minimum absolute atomic E-state index is 0.0699. The summed E-state index contributed by atoms with van der Waals surface area (Å²) in [6.07, 6.45) is 4.46. The van der Waals surface area contributed by atoms with Crippen molar-refractivity contribution in [2.75, 3.05) is 11.9 Å². The second-order valence-corrected chi connectivity index (χ2v) is 6.51. The van der Waals surface area contributed by atoms with Crippen LogP contribution in [0, 0.1) is 0 Å². The molecule has 6 nitrogen and oxygen atoms in total. The zero-order valence-corrected chi connectivity index (χ0v) is 14.3. The predicted octanol–water partition coefficient (Wildman–Crippen LogP) is 3.76. The Bertz CT molecular complexity index is 940. The maximum Gasteiger partial charge on any atom is 0.417 e. The molecule has 0 radical (unpaired) electrons. The van der Waals surface area contributed by atoms with Gasteiger partial charge < -0.3 is 4.74 Å². The number of carbonyl (C=O) groups excluding carboxylic acids is 1. The lowest BCUT2D eigenvalue weighted by Gasteiger charge is -2.14. The topological polar surface area (TPSA) is 69.0 Å². The maximum absolute atomic E-state index is 12.9. The third-order valence-corrected chi connectivity index (χ3v) is 4.59. The number of ether oxygens (including phenoxy) is 1. The first-order chi connectivity index (χ1) is 12.9. The van der Waals surface area contributed by atoms with Crippen LogP contribution in [-0.4, -0.2) is 33.2 Å². The Morgan fingerprint density at radius 1 is 1.41 bits per heavy atom. The first-order valence-electron chi connectivity index (χ1n) is 8.68. The van der Waals surface area contributed by atoms with E-state index in [0.717, 1.165) is 31.7 Å². The summed E-state index contributed by atoms with van der Waals surface area (Å²) in [5, 5.41) is 2.69. The Morgan fingerprint density at radius 3 is 2.85 bits per heavy atom. The van der Waals surface area contributed by atoms with Gasteiger partial charge in [0.2, 0.25) is 11.9 Å². The number of pyridine rings is 1. The Labute approximate surface area is 152 Å². The molecular formula is C18H17F3N4O2. The fourth-order valence-corrected chi connectivity index (χ4v) is 3.13. The Balaban J connectivity index is 1.59. The van der Waals surface area contributed by atoms with Crippen molar-refractivity contribution in [1.82, 2.24) is 14.5 Å². The number of imidazole rings is 1. The summed E-state index contributed by atoms with van der Waals surface area (Å²) in [7, 11) is 0. The van der Waals surface area contributed by atoms with Crippen molar-refractivity contribution >= 4 is 28.7 Å². The molecule has 27 heavy (non-hydrogen) atoms. The van der Waals surface area contributed by atoms with E-state index in [1.54, 1.807) is 22.8 Å². The molecule has 0 bridgehead atoms. The molecule has 142 valence electrons. The Hall–Kier alpha value is -2.68. The van der Waals surface area contributed by atoms with Gasteiger partial charge in [0.15, 0.2) is 5.65 Å². The predicted molar refractivity (Wildman–Crippen MR) is 92.8 cm³/mol. The second-order valence-electron chi connectivity index (χ2n) is 6.51. The van der Waals surface area contributed by atoms with E-state index >= 15 is 0 Å². The van der Waals surface area contributed by atoms with Gasteiger partial charge in [-0.05, 0) is 37.5 Å². The van der Waals surface area contributed by atoms with Crippen LogP contribution in [-0.2, 0) is 15.7 Å². The van der Waals surface area contributed by atoms with Gasteiger partial charge in [0, 0.05) is 19.2 Å². The highest BCUT2D eigenvalue weighted by molar-refractivity contribution is 5.93. The number of amides is 1. The quantitative estimate of drug-likeness (QED) is 0.860. The summed E-state index contributed by atoms with van der Waals surface area (Å²) >= 11 is 0. The number of carbonyl (C=O) groups is 1. The molecule has 4 rings (SSSR count). The van der Waals surface area contributed by atoms with Gasteiger partial charge in [0.05, 0.1) is 17.4 Å². The van der Waals surface area contributed by atoms with Crippen LogP contribution < -0.4 is 5.32 Å². The average molecular weight is 378 g/mol. The number of rotatable bonds is 5. The second kappa shape index (κ2) is 6.80. The van der Waals surface area contributed by atoms with Crippen LogP contribution >= 0.6 is 0 Å². The third kappa shape index (κ3) is 3.59. The molecular weight excluding hydrogens is 361 g/mol. The number of anilines is 1. The molecule has 1 unspecified atom stereocenters. The molecule has 9 heteroatoms. The minimum Gasteiger partial charge on any atom is -0.378 e. The molecule has 0 spiro atoms. The molecule has 1 saturated heterocycles. The number of nitrogens with zero attached hydrogens (tertiary/aromatic N) is 3. The summed E-state index contributed by atoms with van der Waals surface area (Å²) in [5.41, 5.74) is 0.140. The van der Waals surface area contributed by atoms with E-state index in [9.17, 15) is 18.0 Å². The average Bonchev–Trinajstić information content (AvgIpc) is 3.19. The van der Waals surface area contributed by atoms with E-state index in [2.05, 4.69) is 15.3 Å². The highest BCUT2D eigenvalue weighted by Gasteiger charge is 2.32. The molecule has 0 saturated carbocycles. The molecule has 1 atom stereocenters. The first-order valence-corrected chi connectivity index (χ1v) is 8.68. The summed E-state index contributed by atoms with van der Waals surface area (Å²) in [6.45, 7) is 0.718. The van der Waals surface area contributed by atoms with Gasteiger partial charge in [-0.25, -0.2) is 9.97 Å². The van der Waals surface area contributed by atoms with E-state index in [4.69, 9.17) is 4.74 Å². The Morgan fingerprint density at radius 2 is 2.22 bits per heavy atom. The van der Waals surface area contributed by atoms with Gasteiger partial charge >= 0.3 is 6.18 Å². The van der Waals surface area contributed by atoms with Crippen molar-refractivity contribution in [3.8, 4) is 0 Å². The van der Waals surface area contributed by atoms with E-state index in [0.29, 0.717) is 12.1 Å². The number of alkyl halides is 3. The van der Waals surface area contributed by atoms with Crippen LogP contribution in [0.1, 0.15) is 31.2 Å². The van der Waals surface area contributed by atoms with E-state index in [1.165, 1.54) is 0 Å². The number of aromatic nitrogens is 3. The van der Waals surface area contributed by atoms with Crippen molar-refractivity contribution in [3.63, 3.8) is 0 Å². The van der Waals surface area contributed by atoms with Gasteiger partial charge in [0.1, 0.15) is 5.52 Å². The summed E-state index contributed by atoms with van der Waals surface area (Å²) < 4.78 is 45.9. The lowest BCUT2D eigenvalue weighted by Crippen LogP contribution is -2.18. The highest BCUT2D eigenvalue weighted by atomic mass is 19.4. The zero-order valence-electron chi connectivity index (χ0n) is 14.3. The van der Waals surface area contributed by atoms with Crippen LogP contribution in [0.4, 0.5) is 19.1 Å².